The van der Waals surface area contributed by atoms with Crippen molar-refractivity contribution in [1.82, 2.24) is 0 Å². The molecule has 1 aliphatic rings. The monoisotopic (exact) mass is 238 g/mol. The van der Waals surface area contributed by atoms with Gasteiger partial charge in [-0.2, -0.15) is 0 Å². The van der Waals surface area contributed by atoms with Crippen molar-refractivity contribution in [1.29, 1.82) is 0 Å². The van der Waals surface area contributed by atoms with Gasteiger partial charge in [0.2, 0.25) is 0 Å². The molecule has 0 spiro atoms. The fraction of sp³-hybridized carbons (Fsp3) is 0.800. The van der Waals surface area contributed by atoms with Crippen LogP contribution in [0.2, 0.25) is 0 Å². The van der Waals surface area contributed by atoms with Crippen LogP contribution in [0.3, 0.4) is 0 Å². The molecule has 1 rings (SSSR count). The number of rotatable bonds is 6. The van der Waals surface area contributed by atoms with Crippen molar-refractivity contribution >= 4 is 5.78 Å². The summed E-state index contributed by atoms with van der Waals surface area (Å²) >= 11 is 0. The van der Waals surface area contributed by atoms with Crippen LogP contribution < -0.4 is 0 Å². The van der Waals surface area contributed by atoms with E-state index in [0.717, 1.165) is 37.7 Å². The van der Waals surface area contributed by atoms with Gasteiger partial charge in [0.15, 0.2) is 5.78 Å². The second-order valence-electron chi connectivity index (χ2n) is 4.78. The third-order valence-corrected chi connectivity index (χ3v) is 3.32. The maximum absolute atomic E-state index is 12.3. The fourth-order valence-electron chi connectivity index (χ4n) is 2.38. The summed E-state index contributed by atoms with van der Waals surface area (Å²) in [5, 5.41) is 0. The first-order valence-electron chi connectivity index (χ1n) is 7.14. The van der Waals surface area contributed by atoms with Gasteiger partial charge in [0.05, 0.1) is 0 Å². The van der Waals surface area contributed by atoms with Crippen molar-refractivity contribution in [3.63, 3.8) is 0 Å². The lowest BCUT2D eigenvalue weighted by Gasteiger charge is -2.18. The van der Waals surface area contributed by atoms with Crippen molar-refractivity contribution in [2.75, 3.05) is 6.61 Å². The van der Waals surface area contributed by atoms with E-state index in [1.54, 1.807) is 0 Å². The van der Waals surface area contributed by atoms with Crippen LogP contribution in [0.15, 0.2) is 11.6 Å². The standard InChI is InChI=1S/C15H26O2/c1-3-10-14(17-4-2)15(16)13-11-8-6-5-7-9-12-13/h11,14H,3-10,12H2,1-2H3. The largest absolute Gasteiger partial charge is 0.370 e. The van der Waals surface area contributed by atoms with Gasteiger partial charge < -0.3 is 4.74 Å². The summed E-state index contributed by atoms with van der Waals surface area (Å²) in [5.74, 6) is 0.246. The zero-order valence-corrected chi connectivity index (χ0v) is 11.3. The molecule has 98 valence electrons. The van der Waals surface area contributed by atoms with E-state index in [-0.39, 0.29) is 11.9 Å². The quantitative estimate of drug-likeness (QED) is 0.698. The Morgan fingerprint density at radius 2 is 2.06 bits per heavy atom. The molecule has 17 heavy (non-hydrogen) atoms. The average molecular weight is 238 g/mol. The summed E-state index contributed by atoms with van der Waals surface area (Å²) in [7, 11) is 0. The van der Waals surface area contributed by atoms with Crippen LogP contribution in [-0.2, 0) is 9.53 Å². The fourth-order valence-corrected chi connectivity index (χ4v) is 2.38. The number of allylic oxidation sites excluding steroid dienone is 1. The molecule has 2 nitrogen and oxygen atoms in total. The Morgan fingerprint density at radius 1 is 1.29 bits per heavy atom. The summed E-state index contributed by atoms with van der Waals surface area (Å²) in [6.45, 7) is 4.69. The zero-order valence-electron chi connectivity index (χ0n) is 11.3. The number of ether oxygens (including phenoxy) is 1. The Morgan fingerprint density at radius 3 is 2.76 bits per heavy atom. The molecule has 0 aromatic heterocycles. The molecule has 0 N–H and O–H groups in total. The first-order valence-corrected chi connectivity index (χ1v) is 7.14. The van der Waals surface area contributed by atoms with Crippen LogP contribution >= 0.6 is 0 Å². The van der Waals surface area contributed by atoms with E-state index in [2.05, 4.69) is 13.0 Å². The first kappa shape index (κ1) is 14.4. The van der Waals surface area contributed by atoms with Gasteiger partial charge in [-0.25, -0.2) is 0 Å². The van der Waals surface area contributed by atoms with E-state index in [1.807, 2.05) is 6.92 Å². The lowest BCUT2D eigenvalue weighted by atomic mass is 9.94. The lowest BCUT2D eigenvalue weighted by Crippen LogP contribution is -2.26. The van der Waals surface area contributed by atoms with E-state index in [9.17, 15) is 4.79 Å². The molecule has 0 aromatic rings. The van der Waals surface area contributed by atoms with E-state index < -0.39 is 0 Å². The highest BCUT2D eigenvalue weighted by Gasteiger charge is 2.21. The molecule has 0 saturated heterocycles. The molecular formula is C15H26O2. The van der Waals surface area contributed by atoms with Crippen LogP contribution in [0, 0.1) is 0 Å². The third-order valence-electron chi connectivity index (χ3n) is 3.32. The van der Waals surface area contributed by atoms with Crippen molar-refractivity contribution in [3.8, 4) is 0 Å². The van der Waals surface area contributed by atoms with Gasteiger partial charge in [0.25, 0.3) is 0 Å². The SMILES string of the molecule is CCCC(OCC)C(=O)C1=CCCCCCC1. The van der Waals surface area contributed by atoms with Crippen molar-refractivity contribution in [2.24, 2.45) is 0 Å². The highest BCUT2D eigenvalue weighted by molar-refractivity contribution is 5.98. The summed E-state index contributed by atoms with van der Waals surface area (Å²) in [4.78, 5) is 12.3. The molecule has 2 heteroatoms. The second-order valence-corrected chi connectivity index (χ2v) is 4.78. The maximum Gasteiger partial charge on any atom is 0.187 e. The zero-order chi connectivity index (χ0) is 12.5. The van der Waals surface area contributed by atoms with Gasteiger partial charge in [0, 0.05) is 6.61 Å². The molecule has 1 unspecified atom stereocenters. The maximum atomic E-state index is 12.3. The molecule has 0 radical (unpaired) electrons. The van der Waals surface area contributed by atoms with Crippen LogP contribution in [-0.4, -0.2) is 18.5 Å². The number of carbonyl (C=O) groups excluding carboxylic acids is 1. The predicted molar refractivity (Wildman–Crippen MR) is 71.1 cm³/mol. The highest BCUT2D eigenvalue weighted by Crippen LogP contribution is 2.20. The number of hydrogen-bond donors (Lipinski definition) is 0. The number of carbonyl (C=O) groups is 1. The molecule has 0 saturated carbocycles. The number of Topliss-reactive ketones (excluding diaryl/α,β-unsaturated/α-hetero) is 1. The van der Waals surface area contributed by atoms with Crippen molar-refractivity contribution < 1.29 is 9.53 Å². The first-order chi connectivity index (χ1) is 8.29. The molecular weight excluding hydrogens is 212 g/mol. The van der Waals surface area contributed by atoms with Gasteiger partial charge in [-0.3, -0.25) is 4.79 Å². The van der Waals surface area contributed by atoms with E-state index in [1.165, 1.54) is 19.3 Å². The number of hydrogen-bond acceptors (Lipinski definition) is 2. The topological polar surface area (TPSA) is 26.3 Å². The number of ketones is 1. The van der Waals surface area contributed by atoms with E-state index in [0.29, 0.717) is 6.61 Å². The van der Waals surface area contributed by atoms with E-state index >= 15 is 0 Å². The van der Waals surface area contributed by atoms with Crippen LogP contribution in [0.1, 0.15) is 65.2 Å². The van der Waals surface area contributed by atoms with Gasteiger partial charge in [0.1, 0.15) is 6.10 Å². The molecule has 0 heterocycles. The predicted octanol–water partition coefficient (Wildman–Crippen LogP) is 4.04. The van der Waals surface area contributed by atoms with Crippen LogP contribution in [0.4, 0.5) is 0 Å². The van der Waals surface area contributed by atoms with Crippen LogP contribution in [0.5, 0.6) is 0 Å². The summed E-state index contributed by atoms with van der Waals surface area (Å²) < 4.78 is 5.58. The Kier molecular flexibility index (Phi) is 7.18. The van der Waals surface area contributed by atoms with Crippen molar-refractivity contribution in [2.45, 2.75) is 71.3 Å². The van der Waals surface area contributed by atoms with Gasteiger partial charge in [-0.1, -0.05) is 32.3 Å². The van der Waals surface area contributed by atoms with Gasteiger partial charge in [-0.15, -0.1) is 0 Å². The molecule has 0 fully saturated rings. The Labute approximate surface area is 105 Å². The minimum Gasteiger partial charge on any atom is -0.370 e. The van der Waals surface area contributed by atoms with Crippen LogP contribution in [0.25, 0.3) is 0 Å². The molecule has 0 aliphatic heterocycles. The summed E-state index contributed by atoms with van der Waals surface area (Å²) in [5.41, 5.74) is 1.02. The highest BCUT2D eigenvalue weighted by atomic mass is 16.5. The second kappa shape index (κ2) is 8.46. The Hall–Kier alpha value is -0.630. The third kappa shape index (κ3) is 5.03. The summed E-state index contributed by atoms with van der Waals surface area (Å²) in [6.07, 6.45) is 10.8. The molecule has 0 amide bonds. The molecule has 1 atom stereocenters. The Balaban J connectivity index is 2.62. The van der Waals surface area contributed by atoms with Gasteiger partial charge >= 0.3 is 0 Å². The van der Waals surface area contributed by atoms with Gasteiger partial charge in [-0.05, 0) is 44.6 Å². The lowest BCUT2D eigenvalue weighted by molar-refractivity contribution is -0.127. The normalized spacial score (nSPS) is 19.1. The van der Waals surface area contributed by atoms with E-state index in [4.69, 9.17) is 4.74 Å². The summed E-state index contributed by atoms with van der Waals surface area (Å²) in [6, 6.07) is 0. The molecule has 1 aliphatic carbocycles. The average Bonchev–Trinajstić information content (AvgIpc) is 2.27. The molecule has 0 bridgehead atoms. The minimum absolute atomic E-state index is 0.198. The minimum atomic E-state index is -0.198. The Bertz CT molecular complexity index is 250. The smallest absolute Gasteiger partial charge is 0.187 e. The molecule has 0 aromatic carbocycles. The van der Waals surface area contributed by atoms with Crippen molar-refractivity contribution in [3.05, 3.63) is 11.6 Å².